The fraction of sp³-hybridized carbons (Fsp3) is 0.562. The molecule has 0 unspecified atom stereocenters. The molecule has 3 heterocycles. The molecule has 2 aromatic rings. The molecule has 0 aromatic carbocycles. The molecule has 0 spiro atoms. The highest BCUT2D eigenvalue weighted by Gasteiger charge is 2.22. The summed E-state index contributed by atoms with van der Waals surface area (Å²) >= 11 is 0. The number of aryl methyl sites for hydroxylation is 2. The molecule has 112 valence electrons. The molecule has 1 atom stereocenters. The fourth-order valence-corrected chi connectivity index (χ4v) is 3.07. The van der Waals surface area contributed by atoms with Crippen molar-refractivity contribution >= 4 is 5.95 Å². The number of rotatable bonds is 4. The van der Waals surface area contributed by atoms with Gasteiger partial charge in [0.15, 0.2) is 0 Å². The first-order valence-corrected chi connectivity index (χ1v) is 7.79. The lowest BCUT2D eigenvalue weighted by molar-refractivity contribution is 0.363. The minimum atomic E-state index is 0.642. The van der Waals surface area contributed by atoms with E-state index in [1.54, 1.807) is 0 Å². The average molecular weight is 285 g/mol. The highest BCUT2D eigenvalue weighted by molar-refractivity contribution is 5.33. The second-order valence-electron chi connectivity index (χ2n) is 5.87. The second kappa shape index (κ2) is 6.24. The van der Waals surface area contributed by atoms with E-state index in [0.717, 1.165) is 37.7 Å². The van der Waals surface area contributed by atoms with E-state index >= 15 is 0 Å². The molecule has 0 bridgehead atoms. The fourth-order valence-electron chi connectivity index (χ4n) is 3.07. The molecular weight excluding hydrogens is 262 g/mol. The molecule has 1 fully saturated rings. The van der Waals surface area contributed by atoms with Crippen LogP contribution in [0.5, 0.6) is 0 Å². The van der Waals surface area contributed by atoms with Gasteiger partial charge in [-0.3, -0.25) is 0 Å². The average Bonchev–Trinajstić information content (AvgIpc) is 3.01. The number of aromatic nitrogens is 4. The third-order valence-electron chi connectivity index (χ3n) is 4.23. The lowest BCUT2D eigenvalue weighted by Crippen LogP contribution is -2.38. The van der Waals surface area contributed by atoms with Crippen LogP contribution in [0.4, 0.5) is 5.95 Å². The van der Waals surface area contributed by atoms with Gasteiger partial charge in [-0.05, 0) is 37.7 Å². The normalized spacial score (nSPS) is 19.0. The number of hydrogen-bond donors (Lipinski definition) is 0. The summed E-state index contributed by atoms with van der Waals surface area (Å²) in [7, 11) is 0. The second-order valence-corrected chi connectivity index (χ2v) is 5.87. The molecule has 0 aliphatic carbocycles. The van der Waals surface area contributed by atoms with Crippen molar-refractivity contribution < 1.29 is 0 Å². The minimum Gasteiger partial charge on any atom is -0.340 e. The molecule has 0 radical (unpaired) electrons. The van der Waals surface area contributed by atoms with Crippen molar-refractivity contribution in [3.63, 3.8) is 0 Å². The van der Waals surface area contributed by atoms with E-state index in [0.29, 0.717) is 5.92 Å². The van der Waals surface area contributed by atoms with Gasteiger partial charge < -0.3 is 9.47 Å². The van der Waals surface area contributed by atoms with Crippen LogP contribution in [0, 0.1) is 12.8 Å². The van der Waals surface area contributed by atoms with Gasteiger partial charge in [0.2, 0.25) is 5.95 Å². The Balaban J connectivity index is 1.70. The van der Waals surface area contributed by atoms with Crippen LogP contribution in [-0.4, -0.2) is 32.6 Å². The highest BCUT2D eigenvalue weighted by atomic mass is 15.3. The minimum absolute atomic E-state index is 0.642. The van der Waals surface area contributed by atoms with Gasteiger partial charge in [0.25, 0.3) is 0 Å². The van der Waals surface area contributed by atoms with Crippen molar-refractivity contribution in [3.8, 4) is 0 Å². The largest absolute Gasteiger partial charge is 0.340 e. The van der Waals surface area contributed by atoms with E-state index in [1.807, 2.05) is 24.9 Å². The van der Waals surface area contributed by atoms with Crippen molar-refractivity contribution in [3.05, 3.63) is 36.2 Å². The molecule has 0 amide bonds. The standard InChI is InChI=1S/C16H23N5/c1-3-15-13(2)9-18-16(19-15)21-7-4-5-14(11-21)10-20-8-6-17-12-20/h6,8-9,12,14H,3-5,7,10-11H2,1-2H3/t14-/m1/s1. The van der Waals surface area contributed by atoms with Crippen molar-refractivity contribution in [2.24, 2.45) is 5.92 Å². The maximum atomic E-state index is 4.74. The molecule has 1 saturated heterocycles. The summed E-state index contributed by atoms with van der Waals surface area (Å²) in [5.41, 5.74) is 2.35. The van der Waals surface area contributed by atoms with E-state index < -0.39 is 0 Å². The smallest absolute Gasteiger partial charge is 0.225 e. The van der Waals surface area contributed by atoms with Gasteiger partial charge in [-0.25, -0.2) is 15.0 Å². The van der Waals surface area contributed by atoms with Gasteiger partial charge in [-0.1, -0.05) is 6.92 Å². The van der Waals surface area contributed by atoms with Gasteiger partial charge in [-0.2, -0.15) is 0 Å². The zero-order valence-corrected chi connectivity index (χ0v) is 12.9. The van der Waals surface area contributed by atoms with Crippen molar-refractivity contribution in [1.29, 1.82) is 0 Å². The van der Waals surface area contributed by atoms with Crippen LogP contribution in [0.1, 0.15) is 31.0 Å². The van der Waals surface area contributed by atoms with Crippen LogP contribution in [0.3, 0.4) is 0 Å². The Morgan fingerprint density at radius 1 is 1.38 bits per heavy atom. The molecule has 5 nitrogen and oxygen atoms in total. The SMILES string of the molecule is CCc1nc(N2CCC[C@H](Cn3ccnc3)C2)ncc1C. The van der Waals surface area contributed by atoms with Gasteiger partial charge in [-0.15, -0.1) is 0 Å². The molecule has 3 rings (SSSR count). The predicted octanol–water partition coefficient (Wildman–Crippen LogP) is 2.46. The molecule has 0 N–H and O–H groups in total. The zero-order valence-electron chi connectivity index (χ0n) is 12.9. The monoisotopic (exact) mass is 285 g/mol. The number of nitrogens with zero attached hydrogens (tertiary/aromatic N) is 5. The first kappa shape index (κ1) is 14.0. The Labute approximate surface area is 126 Å². The van der Waals surface area contributed by atoms with Crippen LogP contribution < -0.4 is 4.90 Å². The zero-order chi connectivity index (χ0) is 14.7. The Bertz CT molecular complexity index is 578. The number of hydrogen-bond acceptors (Lipinski definition) is 4. The molecule has 5 heteroatoms. The van der Waals surface area contributed by atoms with Gasteiger partial charge >= 0.3 is 0 Å². The van der Waals surface area contributed by atoms with E-state index in [1.165, 1.54) is 18.4 Å². The molecule has 2 aromatic heterocycles. The lowest BCUT2D eigenvalue weighted by Gasteiger charge is -2.33. The third kappa shape index (κ3) is 3.23. The van der Waals surface area contributed by atoms with Crippen molar-refractivity contribution in [2.45, 2.75) is 39.7 Å². The maximum Gasteiger partial charge on any atom is 0.225 e. The van der Waals surface area contributed by atoms with Crippen LogP contribution in [0.15, 0.2) is 24.9 Å². The topological polar surface area (TPSA) is 46.8 Å². The Kier molecular flexibility index (Phi) is 4.18. The summed E-state index contributed by atoms with van der Waals surface area (Å²) in [4.78, 5) is 15.7. The number of anilines is 1. The summed E-state index contributed by atoms with van der Waals surface area (Å²) in [6.07, 6.45) is 11.2. The van der Waals surface area contributed by atoms with Crippen LogP contribution in [-0.2, 0) is 13.0 Å². The predicted molar refractivity (Wildman–Crippen MR) is 83.3 cm³/mol. The quantitative estimate of drug-likeness (QED) is 0.866. The molecule has 21 heavy (non-hydrogen) atoms. The van der Waals surface area contributed by atoms with Crippen molar-refractivity contribution in [2.75, 3.05) is 18.0 Å². The van der Waals surface area contributed by atoms with E-state index in [-0.39, 0.29) is 0 Å². The van der Waals surface area contributed by atoms with Gasteiger partial charge in [0.05, 0.1) is 6.33 Å². The third-order valence-corrected chi connectivity index (χ3v) is 4.23. The summed E-state index contributed by atoms with van der Waals surface area (Å²) < 4.78 is 2.17. The highest BCUT2D eigenvalue weighted by Crippen LogP contribution is 2.22. The van der Waals surface area contributed by atoms with Gasteiger partial charge in [0.1, 0.15) is 0 Å². The molecule has 0 saturated carbocycles. The first-order valence-electron chi connectivity index (χ1n) is 7.79. The molecule has 1 aliphatic rings. The Morgan fingerprint density at radius 2 is 2.29 bits per heavy atom. The maximum absolute atomic E-state index is 4.74. The molecular formula is C16H23N5. The lowest BCUT2D eigenvalue weighted by atomic mass is 9.98. The summed E-state index contributed by atoms with van der Waals surface area (Å²) in [5.74, 6) is 1.54. The Morgan fingerprint density at radius 3 is 3.05 bits per heavy atom. The van der Waals surface area contributed by atoms with Gasteiger partial charge in [0, 0.05) is 43.9 Å². The molecule has 1 aliphatic heterocycles. The van der Waals surface area contributed by atoms with Crippen LogP contribution in [0.2, 0.25) is 0 Å². The first-order chi connectivity index (χ1) is 10.3. The summed E-state index contributed by atoms with van der Waals surface area (Å²) in [5, 5.41) is 0. The van der Waals surface area contributed by atoms with Crippen molar-refractivity contribution in [1.82, 2.24) is 19.5 Å². The van der Waals surface area contributed by atoms with E-state index in [9.17, 15) is 0 Å². The summed E-state index contributed by atoms with van der Waals surface area (Å²) in [6, 6.07) is 0. The Hall–Kier alpha value is -1.91. The van der Waals surface area contributed by atoms with Crippen LogP contribution >= 0.6 is 0 Å². The van der Waals surface area contributed by atoms with E-state index in [4.69, 9.17) is 4.98 Å². The summed E-state index contributed by atoms with van der Waals surface area (Å²) in [6.45, 7) is 7.36. The number of piperidine rings is 1. The van der Waals surface area contributed by atoms with E-state index in [2.05, 4.69) is 33.3 Å². The number of imidazole rings is 1. The van der Waals surface area contributed by atoms with Crippen LogP contribution in [0.25, 0.3) is 0 Å².